The van der Waals surface area contributed by atoms with Crippen molar-refractivity contribution < 1.29 is 4.79 Å². The second-order valence-corrected chi connectivity index (χ2v) is 7.93. The van der Waals surface area contributed by atoms with E-state index in [9.17, 15) is 4.79 Å². The molecule has 7 heteroatoms. The van der Waals surface area contributed by atoms with Crippen molar-refractivity contribution in [3.63, 3.8) is 0 Å². The topological polar surface area (TPSA) is 79.7 Å². The Balaban J connectivity index is 1.39. The molecule has 0 unspecified atom stereocenters. The third kappa shape index (κ3) is 4.09. The molecule has 2 aromatic heterocycles. The van der Waals surface area contributed by atoms with Crippen molar-refractivity contribution in [3.05, 3.63) is 64.5 Å². The molecule has 0 radical (unpaired) electrons. The zero-order valence-corrected chi connectivity index (χ0v) is 17.4. The predicted octanol–water partition coefficient (Wildman–Crippen LogP) is 2.94. The Bertz CT molecular complexity index is 990. The predicted molar refractivity (Wildman–Crippen MR) is 110 cm³/mol. The molecule has 1 aliphatic rings. The third-order valence-corrected chi connectivity index (χ3v) is 5.86. The third-order valence-electron chi connectivity index (χ3n) is 5.86. The molecule has 0 saturated heterocycles. The van der Waals surface area contributed by atoms with Crippen LogP contribution in [-0.4, -0.2) is 42.3 Å². The molecule has 0 aliphatic carbocycles. The van der Waals surface area contributed by atoms with E-state index < -0.39 is 0 Å². The summed E-state index contributed by atoms with van der Waals surface area (Å²) in [7, 11) is 0. The summed E-state index contributed by atoms with van der Waals surface area (Å²) in [6, 6.07) is 10.6. The number of hydrogen-bond donors (Lipinski definition) is 1. The number of nitrogens with one attached hydrogen (secondary N) is 1. The number of aryl methyl sites for hydroxylation is 4. The highest BCUT2D eigenvalue weighted by Gasteiger charge is 2.29. The van der Waals surface area contributed by atoms with Crippen molar-refractivity contribution in [2.45, 2.75) is 59.0 Å². The van der Waals surface area contributed by atoms with E-state index in [2.05, 4.69) is 56.2 Å². The molecule has 0 fully saturated rings. The minimum atomic E-state index is 0.150. The van der Waals surface area contributed by atoms with E-state index in [1.54, 1.807) is 0 Å². The Morgan fingerprint density at radius 1 is 1.14 bits per heavy atom. The molecule has 1 aromatic carbocycles. The first kappa shape index (κ1) is 19.4. The molecule has 1 aliphatic heterocycles. The standard InChI is InChI=1S/C22H28N6O/c1-15-13-27(22(29)12-10-19-16(2)17(3)23-24-19)14-21-26-25-20(28(15)21)11-9-18-7-5-4-6-8-18/h4-8,15H,9-14H2,1-3H3,(H,23,24)/t15-/m0/s1. The number of aromatic nitrogens is 5. The van der Waals surface area contributed by atoms with Crippen LogP contribution in [0.3, 0.4) is 0 Å². The summed E-state index contributed by atoms with van der Waals surface area (Å²) >= 11 is 0. The Morgan fingerprint density at radius 2 is 1.93 bits per heavy atom. The maximum atomic E-state index is 12.8. The molecular weight excluding hydrogens is 364 g/mol. The zero-order chi connectivity index (χ0) is 20.4. The fourth-order valence-corrected chi connectivity index (χ4v) is 4.04. The van der Waals surface area contributed by atoms with Crippen LogP contribution in [0, 0.1) is 13.8 Å². The summed E-state index contributed by atoms with van der Waals surface area (Å²) in [5, 5.41) is 16.1. The molecular formula is C22H28N6O. The van der Waals surface area contributed by atoms with Crippen molar-refractivity contribution in [1.82, 2.24) is 29.9 Å². The minimum absolute atomic E-state index is 0.150. The fraction of sp³-hybridized carbons (Fsp3) is 0.455. The first-order valence-electron chi connectivity index (χ1n) is 10.3. The van der Waals surface area contributed by atoms with Gasteiger partial charge >= 0.3 is 0 Å². The Morgan fingerprint density at radius 3 is 2.66 bits per heavy atom. The first-order valence-corrected chi connectivity index (χ1v) is 10.3. The lowest BCUT2D eigenvalue weighted by Crippen LogP contribution is -2.41. The van der Waals surface area contributed by atoms with Crippen molar-refractivity contribution >= 4 is 5.91 Å². The number of carbonyl (C=O) groups excluding carboxylic acids is 1. The molecule has 0 bridgehead atoms. The largest absolute Gasteiger partial charge is 0.333 e. The number of carbonyl (C=O) groups is 1. The molecule has 1 amide bonds. The van der Waals surface area contributed by atoms with Gasteiger partial charge in [0.15, 0.2) is 5.82 Å². The summed E-state index contributed by atoms with van der Waals surface area (Å²) in [6.45, 7) is 7.41. The Labute approximate surface area is 171 Å². The van der Waals surface area contributed by atoms with Gasteiger partial charge in [0, 0.05) is 31.5 Å². The smallest absolute Gasteiger partial charge is 0.223 e. The van der Waals surface area contributed by atoms with Crippen LogP contribution in [-0.2, 0) is 30.6 Å². The first-order chi connectivity index (χ1) is 14.0. The molecule has 7 nitrogen and oxygen atoms in total. The molecule has 4 rings (SSSR count). The Kier molecular flexibility index (Phi) is 5.47. The number of aromatic amines is 1. The number of fused-ring (bicyclic) bond motifs is 1. The van der Waals surface area contributed by atoms with Gasteiger partial charge in [-0.1, -0.05) is 30.3 Å². The second kappa shape index (κ2) is 8.19. The Hall–Kier alpha value is -2.96. The lowest BCUT2D eigenvalue weighted by molar-refractivity contribution is -0.133. The van der Waals surface area contributed by atoms with E-state index >= 15 is 0 Å². The van der Waals surface area contributed by atoms with Gasteiger partial charge in [0.05, 0.1) is 18.3 Å². The quantitative estimate of drug-likeness (QED) is 0.699. The van der Waals surface area contributed by atoms with E-state index in [4.69, 9.17) is 0 Å². The van der Waals surface area contributed by atoms with Gasteiger partial charge in [-0.15, -0.1) is 10.2 Å². The second-order valence-electron chi connectivity index (χ2n) is 7.93. The lowest BCUT2D eigenvalue weighted by Gasteiger charge is -2.32. The van der Waals surface area contributed by atoms with E-state index in [1.165, 1.54) is 5.56 Å². The number of H-pyrrole nitrogens is 1. The zero-order valence-electron chi connectivity index (χ0n) is 17.4. The number of amides is 1. The lowest BCUT2D eigenvalue weighted by atomic mass is 10.1. The van der Waals surface area contributed by atoms with Crippen molar-refractivity contribution in [3.8, 4) is 0 Å². The van der Waals surface area contributed by atoms with Crippen LogP contribution in [0.2, 0.25) is 0 Å². The van der Waals surface area contributed by atoms with Crippen LogP contribution in [0.1, 0.15) is 53.5 Å². The van der Waals surface area contributed by atoms with Gasteiger partial charge in [-0.25, -0.2) is 0 Å². The van der Waals surface area contributed by atoms with Crippen LogP contribution in [0.4, 0.5) is 0 Å². The van der Waals surface area contributed by atoms with Crippen molar-refractivity contribution in [1.29, 1.82) is 0 Å². The maximum absolute atomic E-state index is 12.8. The molecule has 3 heterocycles. The van der Waals surface area contributed by atoms with Crippen LogP contribution in [0.5, 0.6) is 0 Å². The van der Waals surface area contributed by atoms with Crippen LogP contribution in [0.15, 0.2) is 30.3 Å². The minimum Gasteiger partial charge on any atom is -0.333 e. The highest BCUT2D eigenvalue weighted by atomic mass is 16.2. The highest BCUT2D eigenvalue weighted by molar-refractivity contribution is 5.76. The van der Waals surface area contributed by atoms with E-state index in [1.807, 2.05) is 24.8 Å². The summed E-state index contributed by atoms with van der Waals surface area (Å²) in [4.78, 5) is 14.7. The van der Waals surface area contributed by atoms with Crippen LogP contribution >= 0.6 is 0 Å². The van der Waals surface area contributed by atoms with Gasteiger partial charge in [-0.3, -0.25) is 9.89 Å². The van der Waals surface area contributed by atoms with Gasteiger partial charge in [0.1, 0.15) is 5.82 Å². The highest BCUT2D eigenvalue weighted by Crippen LogP contribution is 2.23. The van der Waals surface area contributed by atoms with Gasteiger partial charge in [0.25, 0.3) is 0 Å². The number of rotatable bonds is 6. The average Bonchev–Trinajstić information content (AvgIpc) is 3.29. The average molecular weight is 393 g/mol. The SMILES string of the molecule is Cc1[nH]nc(CCC(=O)N2Cc3nnc(CCc4ccccc4)n3[C@@H](C)C2)c1C. The normalized spacial score (nSPS) is 16.1. The number of benzene rings is 1. The van der Waals surface area contributed by atoms with Crippen molar-refractivity contribution in [2.24, 2.45) is 0 Å². The summed E-state index contributed by atoms with van der Waals surface area (Å²) in [6.07, 6.45) is 2.92. The summed E-state index contributed by atoms with van der Waals surface area (Å²) in [5.41, 5.74) is 4.49. The molecule has 3 aromatic rings. The summed E-state index contributed by atoms with van der Waals surface area (Å²) in [5.74, 6) is 2.04. The van der Waals surface area contributed by atoms with Gasteiger partial charge < -0.3 is 9.47 Å². The molecule has 1 atom stereocenters. The summed E-state index contributed by atoms with van der Waals surface area (Å²) < 4.78 is 2.22. The monoisotopic (exact) mass is 392 g/mol. The fourth-order valence-electron chi connectivity index (χ4n) is 4.04. The van der Waals surface area contributed by atoms with Gasteiger partial charge in [-0.2, -0.15) is 5.10 Å². The molecule has 29 heavy (non-hydrogen) atoms. The van der Waals surface area contributed by atoms with Crippen LogP contribution < -0.4 is 0 Å². The maximum Gasteiger partial charge on any atom is 0.223 e. The molecule has 152 valence electrons. The van der Waals surface area contributed by atoms with Gasteiger partial charge in [-0.05, 0) is 38.3 Å². The number of nitrogens with zero attached hydrogens (tertiary/aromatic N) is 5. The van der Waals surface area contributed by atoms with Gasteiger partial charge in [0.2, 0.25) is 5.91 Å². The molecule has 0 saturated carbocycles. The van der Waals surface area contributed by atoms with Crippen molar-refractivity contribution in [2.75, 3.05) is 6.54 Å². The number of hydrogen-bond acceptors (Lipinski definition) is 4. The van der Waals surface area contributed by atoms with E-state index in [0.717, 1.165) is 41.4 Å². The van der Waals surface area contributed by atoms with Crippen LogP contribution in [0.25, 0.3) is 0 Å². The van der Waals surface area contributed by atoms with E-state index in [-0.39, 0.29) is 11.9 Å². The molecule has 0 spiro atoms. The molecule has 1 N–H and O–H groups in total. The van der Waals surface area contributed by atoms with E-state index in [0.29, 0.717) is 25.9 Å².